The Morgan fingerprint density at radius 3 is 2.41 bits per heavy atom. The number of nitrogens with one attached hydrogen (secondary N) is 1. The highest BCUT2D eigenvalue weighted by Crippen LogP contribution is 2.50. The van der Waals surface area contributed by atoms with Gasteiger partial charge in [0.05, 0.1) is 6.04 Å². The maximum Gasteiger partial charge on any atom is 0.407 e. The number of piperidine rings is 1. The monoisotopic (exact) mass is 334 g/mol. The molecule has 2 aliphatic rings. The largest absolute Gasteiger partial charge is 0.598 e. The molecule has 1 amide bonds. The third kappa shape index (κ3) is 3.36. The standard InChI is InChI=1S/C15H27FN2O3S/c1-10-9-15(5-7-18(8-6-15)13(19)20)12(11(10)16)17-22(21)14(2,3)4/h10-12,17H,5-9H2,1-4H3,(H,19,20)/t10-,11+,12+,22-/m1/s1. The lowest BCUT2D eigenvalue weighted by Crippen LogP contribution is -2.56. The second-order valence-electron chi connectivity index (χ2n) is 7.73. The average molecular weight is 334 g/mol. The maximum absolute atomic E-state index is 14.7. The second-order valence-corrected chi connectivity index (χ2v) is 9.73. The topological polar surface area (TPSA) is 75.6 Å². The van der Waals surface area contributed by atoms with Crippen molar-refractivity contribution in [2.75, 3.05) is 13.1 Å². The van der Waals surface area contributed by atoms with E-state index in [2.05, 4.69) is 4.72 Å². The average Bonchev–Trinajstić information content (AvgIpc) is 2.63. The third-order valence-electron chi connectivity index (χ3n) is 5.07. The molecule has 0 aromatic rings. The Morgan fingerprint density at radius 2 is 1.95 bits per heavy atom. The number of nitrogens with zero attached hydrogens (tertiary/aromatic N) is 1. The molecule has 4 atom stereocenters. The fourth-order valence-corrected chi connectivity index (χ4v) is 4.65. The minimum absolute atomic E-state index is 0.0918. The molecule has 5 nitrogen and oxygen atoms in total. The highest BCUT2D eigenvalue weighted by molar-refractivity contribution is 7.90. The number of amides is 1. The van der Waals surface area contributed by atoms with Crippen LogP contribution in [0, 0.1) is 11.3 Å². The highest BCUT2D eigenvalue weighted by Gasteiger charge is 2.56. The van der Waals surface area contributed by atoms with Crippen LogP contribution < -0.4 is 4.72 Å². The molecule has 1 saturated carbocycles. The van der Waals surface area contributed by atoms with Crippen molar-refractivity contribution in [3.8, 4) is 0 Å². The summed E-state index contributed by atoms with van der Waals surface area (Å²) in [6.45, 7) is 8.33. The SMILES string of the molecule is C[C@@H]1CC2(CCN(C(=O)O)CC2)[C@@H](N[S@+]([O-])C(C)(C)C)[C@H]1F. The predicted octanol–water partition coefficient (Wildman–Crippen LogP) is 2.54. The first-order valence-corrected chi connectivity index (χ1v) is 9.02. The fraction of sp³-hybridized carbons (Fsp3) is 0.933. The third-order valence-corrected chi connectivity index (χ3v) is 6.65. The zero-order chi connectivity index (χ0) is 16.7. The minimum Gasteiger partial charge on any atom is -0.598 e. The van der Waals surface area contributed by atoms with E-state index in [0.29, 0.717) is 25.9 Å². The molecule has 2 rings (SSSR count). The number of likely N-dealkylation sites (tertiary alicyclic amines) is 1. The Kier molecular flexibility index (Phi) is 5.00. The van der Waals surface area contributed by atoms with Crippen molar-refractivity contribution in [2.24, 2.45) is 11.3 Å². The van der Waals surface area contributed by atoms with Gasteiger partial charge in [-0.15, -0.1) is 4.72 Å². The highest BCUT2D eigenvalue weighted by atomic mass is 32.2. The smallest absolute Gasteiger partial charge is 0.407 e. The van der Waals surface area contributed by atoms with Gasteiger partial charge < -0.3 is 14.6 Å². The summed E-state index contributed by atoms with van der Waals surface area (Å²) in [5.74, 6) is -0.0918. The number of hydrogen-bond acceptors (Lipinski definition) is 3. The van der Waals surface area contributed by atoms with Crippen molar-refractivity contribution in [3.63, 3.8) is 0 Å². The molecule has 2 N–H and O–H groups in total. The lowest BCUT2D eigenvalue weighted by molar-refractivity contribution is 0.0727. The van der Waals surface area contributed by atoms with E-state index in [4.69, 9.17) is 5.11 Å². The molecule has 7 heteroatoms. The molecule has 0 bridgehead atoms. The predicted molar refractivity (Wildman–Crippen MR) is 84.8 cm³/mol. The van der Waals surface area contributed by atoms with Crippen LogP contribution >= 0.6 is 0 Å². The Labute approximate surface area is 134 Å². The van der Waals surface area contributed by atoms with Gasteiger partial charge in [0, 0.05) is 24.5 Å². The van der Waals surface area contributed by atoms with Crippen LogP contribution in [0.1, 0.15) is 47.0 Å². The van der Waals surface area contributed by atoms with Crippen LogP contribution in [0.5, 0.6) is 0 Å². The van der Waals surface area contributed by atoms with Crippen LogP contribution in [0.15, 0.2) is 0 Å². The number of carboxylic acid groups (broad SMARTS) is 1. The van der Waals surface area contributed by atoms with Gasteiger partial charge in [0.1, 0.15) is 10.9 Å². The van der Waals surface area contributed by atoms with Crippen molar-refractivity contribution in [1.82, 2.24) is 9.62 Å². The number of rotatable bonds is 2. The molecule has 0 unspecified atom stereocenters. The van der Waals surface area contributed by atoms with Gasteiger partial charge in [0.15, 0.2) is 0 Å². The molecule has 0 aromatic carbocycles. The lowest BCUT2D eigenvalue weighted by Gasteiger charge is -2.43. The van der Waals surface area contributed by atoms with Crippen LogP contribution in [0.3, 0.4) is 0 Å². The van der Waals surface area contributed by atoms with Crippen LogP contribution in [-0.4, -0.2) is 50.7 Å². The van der Waals surface area contributed by atoms with Crippen LogP contribution in [0.4, 0.5) is 9.18 Å². The Balaban J connectivity index is 2.13. The first kappa shape index (κ1) is 17.8. The zero-order valence-electron chi connectivity index (χ0n) is 13.8. The summed E-state index contributed by atoms with van der Waals surface area (Å²) < 4.78 is 29.7. The van der Waals surface area contributed by atoms with Gasteiger partial charge in [-0.1, -0.05) is 6.92 Å². The van der Waals surface area contributed by atoms with Crippen LogP contribution in [0.25, 0.3) is 0 Å². The van der Waals surface area contributed by atoms with E-state index in [-0.39, 0.29) is 11.3 Å². The van der Waals surface area contributed by atoms with E-state index in [0.717, 1.165) is 6.42 Å². The molecular weight excluding hydrogens is 307 g/mol. The number of carbonyl (C=O) groups is 1. The number of hydrogen-bond donors (Lipinski definition) is 2. The van der Waals surface area contributed by atoms with Crippen molar-refractivity contribution in [2.45, 2.75) is 63.9 Å². The van der Waals surface area contributed by atoms with E-state index in [1.165, 1.54) is 4.90 Å². The van der Waals surface area contributed by atoms with E-state index in [9.17, 15) is 13.7 Å². The molecule has 128 valence electrons. The van der Waals surface area contributed by atoms with Gasteiger partial charge in [-0.25, -0.2) is 9.18 Å². The zero-order valence-corrected chi connectivity index (χ0v) is 14.6. The number of alkyl halides is 1. The Hall–Kier alpha value is -0.530. The molecule has 1 saturated heterocycles. The summed E-state index contributed by atoms with van der Waals surface area (Å²) in [7, 11) is 0. The van der Waals surface area contributed by atoms with Gasteiger partial charge in [0.2, 0.25) is 0 Å². The summed E-state index contributed by atoms with van der Waals surface area (Å²) in [6.07, 6.45) is 0.0235. The lowest BCUT2D eigenvalue weighted by atomic mass is 9.74. The number of halogens is 1. The Morgan fingerprint density at radius 1 is 1.41 bits per heavy atom. The molecule has 0 radical (unpaired) electrons. The van der Waals surface area contributed by atoms with Gasteiger partial charge in [-0.3, -0.25) is 0 Å². The Bertz CT molecular complexity index is 422. The first-order chi connectivity index (χ1) is 10.1. The summed E-state index contributed by atoms with van der Waals surface area (Å²) in [4.78, 5) is 12.5. The van der Waals surface area contributed by atoms with Gasteiger partial charge in [-0.05, 0) is 51.4 Å². The molecular formula is C15H27FN2O3S. The van der Waals surface area contributed by atoms with Crippen molar-refractivity contribution in [3.05, 3.63) is 0 Å². The second kappa shape index (κ2) is 6.17. The van der Waals surface area contributed by atoms with Gasteiger partial charge in [-0.2, -0.15) is 0 Å². The minimum atomic E-state index is -1.33. The fourth-order valence-electron chi connectivity index (χ4n) is 3.69. The van der Waals surface area contributed by atoms with Crippen molar-refractivity contribution in [1.29, 1.82) is 0 Å². The molecule has 1 heterocycles. The summed E-state index contributed by atoms with van der Waals surface area (Å²) in [5.41, 5.74) is -0.286. The molecule has 1 aliphatic carbocycles. The normalized spacial score (nSPS) is 33.2. The van der Waals surface area contributed by atoms with Gasteiger partial charge in [0.25, 0.3) is 0 Å². The van der Waals surface area contributed by atoms with E-state index >= 15 is 0 Å². The van der Waals surface area contributed by atoms with Gasteiger partial charge >= 0.3 is 6.09 Å². The van der Waals surface area contributed by atoms with Crippen molar-refractivity contribution < 1.29 is 18.8 Å². The molecule has 22 heavy (non-hydrogen) atoms. The first-order valence-electron chi connectivity index (χ1n) is 7.87. The summed E-state index contributed by atoms with van der Waals surface area (Å²) in [6, 6.07) is -0.460. The van der Waals surface area contributed by atoms with Crippen LogP contribution in [0.2, 0.25) is 0 Å². The van der Waals surface area contributed by atoms with Crippen molar-refractivity contribution >= 4 is 17.5 Å². The summed E-state index contributed by atoms with van der Waals surface area (Å²) in [5, 5.41) is 9.08. The van der Waals surface area contributed by atoms with Crippen LogP contribution in [-0.2, 0) is 11.4 Å². The molecule has 2 fully saturated rings. The van der Waals surface area contributed by atoms with E-state index in [1.807, 2.05) is 27.7 Å². The summed E-state index contributed by atoms with van der Waals surface area (Å²) >= 11 is -1.33. The quantitative estimate of drug-likeness (QED) is 0.761. The van der Waals surface area contributed by atoms with E-state index in [1.54, 1.807) is 0 Å². The molecule has 1 spiro atoms. The molecule has 0 aromatic heterocycles. The molecule has 1 aliphatic heterocycles. The maximum atomic E-state index is 14.7. The van der Waals surface area contributed by atoms with E-state index < -0.39 is 34.4 Å².